The lowest BCUT2D eigenvalue weighted by Gasteiger charge is -2.26. The Hall–Kier alpha value is -0.0400. The molecule has 1 saturated carbocycles. The Morgan fingerprint density at radius 2 is 1.67 bits per heavy atom. The first-order chi connectivity index (χ1) is 9.37. The summed E-state index contributed by atoms with van der Waals surface area (Å²) in [4.78, 5) is 0. The molecule has 0 aliphatic heterocycles. The predicted molar refractivity (Wildman–Crippen MR) is 89.7 cm³/mol. The molecule has 0 saturated heterocycles. The van der Waals surface area contributed by atoms with Gasteiger partial charge in [-0.25, -0.2) is 13.1 Å². The number of benzene rings is 1. The Morgan fingerprint density at radius 3 is 2.19 bits per heavy atom. The van der Waals surface area contributed by atoms with Gasteiger partial charge >= 0.3 is 0 Å². The third-order valence-corrected chi connectivity index (χ3v) is 5.58. The fraction of sp³-hybridized carbons (Fsp3) is 0.538. The summed E-state index contributed by atoms with van der Waals surface area (Å²) < 4.78 is 27.1. The second-order valence-electron chi connectivity index (χ2n) is 5.19. The molecule has 0 amide bonds. The van der Waals surface area contributed by atoms with Crippen molar-refractivity contribution in [3.63, 3.8) is 0 Å². The minimum absolute atomic E-state index is 0. The van der Waals surface area contributed by atoms with Crippen LogP contribution >= 0.6 is 35.6 Å². The smallest absolute Gasteiger partial charge is 0.216 e. The van der Waals surface area contributed by atoms with Gasteiger partial charge in [0.2, 0.25) is 10.0 Å². The third-order valence-electron chi connectivity index (χ3n) is 3.51. The van der Waals surface area contributed by atoms with Gasteiger partial charge in [-0.2, -0.15) is 0 Å². The molecule has 2 rings (SSSR count). The van der Waals surface area contributed by atoms with Crippen molar-refractivity contribution >= 4 is 45.6 Å². The molecular formula is C13H19Cl3N2O2S. The summed E-state index contributed by atoms with van der Waals surface area (Å²) >= 11 is 12.0. The second kappa shape index (κ2) is 7.99. The monoisotopic (exact) mass is 372 g/mol. The van der Waals surface area contributed by atoms with Crippen molar-refractivity contribution in [1.29, 1.82) is 0 Å². The second-order valence-corrected chi connectivity index (χ2v) is 7.76. The predicted octanol–water partition coefficient (Wildman–Crippen LogP) is 3.10. The first kappa shape index (κ1) is 19.0. The summed E-state index contributed by atoms with van der Waals surface area (Å²) in [5.74, 6) is -0.200. The average Bonchev–Trinajstić information content (AvgIpc) is 2.37. The van der Waals surface area contributed by atoms with Crippen molar-refractivity contribution in [2.75, 3.05) is 0 Å². The van der Waals surface area contributed by atoms with E-state index in [-0.39, 0.29) is 30.2 Å². The van der Waals surface area contributed by atoms with Crippen molar-refractivity contribution in [3.8, 4) is 0 Å². The quantitative estimate of drug-likeness (QED) is 0.851. The first-order valence-electron chi connectivity index (χ1n) is 6.56. The summed E-state index contributed by atoms with van der Waals surface area (Å²) in [5, 5.41) is 0.738. The molecule has 3 N–H and O–H groups in total. The Balaban J connectivity index is 0.00000220. The maximum absolute atomic E-state index is 12.2. The third kappa shape index (κ3) is 5.58. The molecule has 1 aromatic carbocycles. The van der Waals surface area contributed by atoms with E-state index >= 15 is 0 Å². The fourth-order valence-corrected chi connectivity index (χ4v) is 4.60. The number of hydrogen-bond donors (Lipinski definition) is 2. The fourth-order valence-electron chi connectivity index (χ4n) is 2.39. The molecule has 0 aromatic heterocycles. The highest BCUT2D eigenvalue weighted by molar-refractivity contribution is 7.88. The van der Waals surface area contributed by atoms with Crippen LogP contribution in [0.4, 0.5) is 0 Å². The van der Waals surface area contributed by atoms with Gasteiger partial charge < -0.3 is 5.73 Å². The highest BCUT2D eigenvalue weighted by atomic mass is 35.5. The van der Waals surface area contributed by atoms with Gasteiger partial charge in [-0.15, -0.1) is 12.4 Å². The van der Waals surface area contributed by atoms with Crippen LogP contribution in [-0.4, -0.2) is 20.5 Å². The van der Waals surface area contributed by atoms with E-state index in [2.05, 4.69) is 4.72 Å². The van der Waals surface area contributed by atoms with E-state index in [0.29, 0.717) is 15.6 Å². The van der Waals surface area contributed by atoms with Gasteiger partial charge in [-0.05, 0) is 37.8 Å². The molecule has 0 atom stereocenters. The summed E-state index contributed by atoms with van der Waals surface area (Å²) in [6, 6.07) is 5.11. The van der Waals surface area contributed by atoms with Crippen molar-refractivity contribution in [3.05, 3.63) is 33.8 Å². The van der Waals surface area contributed by atoms with Crippen LogP contribution < -0.4 is 10.5 Å². The molecule has 0 bridgehead atoms. The molecule has 21 heavy (non-hydrogen) atoms. The number of nitrogens with two attached hydrogens (primary N) is 1. The zero-order valence-electron chi connectivity index (χ0n) is 11.4. The SMILES string of the molecule is Cl.NC1CCC(NS(=O)(=O)Cc2c(Cl)cccc2Cl)CC1. The van der Waals surface area contributed by atoms with Crippen LogP contribution in [0.5, 0.6) is 0 Å². The van der Waals surface area contributed by atoms with Crippen LogP contribution in [-0.2, 0) is 15.8 Å². The van der Waals surface area contributed by atoms with Crippen molar-refractivity contribution in [1.82, 2.24) is 4.72 Å². The van der Waals surface area contributed by atoms with Gasteiger partial charge in [-0.1, -0.05) is 29.3 Å². The maximum atomic E-state index is 12.2. The molecule has 8 heteroatoms. The molecule has 1 fully saturated rings. The van der Waals surface area contributed by atoms with Crippen molar-refractivity contribution in [2.24, 2.45) is 5.73 Å². The van der Waals surface area contributed by atoms with E-state index in [1.165, 1.54) is 0 Å². The molecular weight excluding hydrogens is 355 g/mol. The lowest BCUT2D eigenvalue weighted by molar-refractivity contribution is 0.373. The number of hydrogen-bond acceptors (Lipinski definition) is 3. The molecule has 4 nitrogen and oxygen atoms in total. The molecule has 0 spiro atoms. The highest BCUT2D eigenvalue weighted by Gasteiger charge is 2.24. The molecule has 0 heterocycles. The maximum Gasteiger partial charge on any atom is 0.216 e. The van der Waals surface area contributed by atoms with Gasteiger partial charge in [0.1, 0.15) is 0 Å². The molecule has 1 aromatic rings. The first-order valence-corrected chi connectivity index (χ1v) is 8.96. The summed E-state index contributed by atoms with van der Waals surface area (Å²) in [6.45, 7) is 0. The van der Waals surface area contributed by atoms with E-state index in [1.54, 1.807) is 18.2 Å². The van der Waals surface area contributed by atoms with Gasteiger partial charge in [0, 0.05) is 27.7 Å². The van der Waals surface area contributed by atoms with Gasteiger partial charge in [0.25, 0.3) is 0 Å². The Labute approximate surface area is 141 Å². The van der Waals surface area contributed by atoms with Crippen LogP contribution in [0.3, 0.4) is 0 Å². The zero-order valence-corrected chi connectivity index (χ0v) is 14.5. The molecule has 1 aliphatic carbocycles. The summed E-state index contributed by atoms with van der Waals surface area (Å²) in [6.07, 6.45) is 3.24. The highest BCUT2D eigenvalue weighted by Crippen LogP contribution is 2.26. The molecule has 120 valence electrons. The van der Waals surface area contributed by atoms with Gasteiger partial charge in [0.05, 0.1) is 5.75 Å². The van der Waals surface area contributed by atoms with Crippen molar-refractivity contribution in [2.45, 2.75) is 43.5 Å². The lowest BCUT2D eigenvalue weighted by atomic mass is 9.93. The van der Waals surface area contributed by atoms with E-state index in [0.717, 1.165) is 25.7 Å². The Kier molecular flexibility index (Phi) is 7.24. The van der Waals surface area contributed by atoms with Crippen LogP contribution in [0.15, 0.2) is 18.2 Å². The van der Waals surface area contributed by atoms with Crippen LogP contribution in [0, 0.1) is 0 Å². The number of halogens is 3. The normalized spacial score (nSPS) is 22.6. The van der Waals surface area contributed by atoms with Crippen molar-refractivity contribution < 1.29 is 8.42 Å². The van der Waals surface area contributed by atoms with E-state index in [4.69, 9.17) is 28.9 Å². The Bertz CT molecular complexity index is 553. The van der Waals surface area contributed by atoms with Crippen LogP contribution in [0.2, 0.25) is 10.0 Å². The Morgan fingerprint density at radius 1 is 1.14 bits per heavy atom. The van der Waals surface area contributed by atoms with Crippen LogP contribution in [0.25, 0.3) is 0 Å². The number of sulfonamides is 1. The number of rotatable bonds is 4. The van der Waals surface area contributed by atoms with Gasteiger partial charge in [-0.3, -0.25) is 0 Å². The lowest BCUT2D eigenvalue weighted by Crippen LogP contribution is -2.40. The minimum Gasteiger partial charge on any atom is -0.328 e. The largest absolute Gasteiger partial charge is 0.328 e. The molecule has 0 unspecified atom stereocenters. The number of nitrogens with one attached hydrogen (secondary N) is 1. The van der Waals surface area contributed by atoms with Gasteiger partial charge in [0.15, 0.2) is 0 Å². The zero-order chi connectivity index (χ0) is 14.8. The van der Waals surface area contributed by atoms with E-state index < -0.39 is 10.0 Å². The summed E-state index contributed by atoms with van der Waals surface area (Å²) in [5.41, 5.74) is 6.25. The van der Waals surface area contributed by atoms with E-state index in [1.807, 2.05) is 0 Å². The van der Waals surface area contributed by atoms with E-state index in [9.17, 15) is 8.42 Å². The average molecular weight is 374 g/mol. The minimum atomic E-state index is -3.46. The topological polar surface area (TPSA) is 72.2 Å². The summed E-state index contributed by atoms with van der Waals surface area (Å²) in [7, 11) is -3.46. The molecule has 1 aliphatic rings. The standard InChI is InChI=1S/C13H18Cl2N2O2S.ClH/c14-12-2-1-3-13(15)11(12)8-20(18,19)17-10-6-4-9(16)5-7-10;/h1-3,9-10,17H,4-8,16H2;1H. The molecule has 0 radical (unpaired) electrons. The van der Waals surface area contributed by atoms with Crippen LogP contribution in [0.1, 0.15) is 31.2 Å².